The lowest BCUT2D eigenvalue weighted by atomic mass is 9.95. The van der Waals surface area contributed by atoms with Crippen LogP contribution < -0.4 is 0 Å². The summed E-state index contributed by atoms with van der Waals surface area (Å²) in [7, 11) is 0. The lowest BCUT2D eigenvalue weighted by molar-refractivity contribution is 1.07. The van der Waals surface area contributed by atoms with Crippen molar-refractivity contribution in [3.05, 3.63) is 344 Å². The first-order valence-corrected chi connectivity index (χ1v) is 32.5. The molecular formula is C90H54N8. The molecule has 454 valence electrons. The molecule has 0 saturated carbocycles. The van der Waals surface area contributed by atoms with Crippen molar-refractivity contribution < 1.29 is 0 Å². The number of hydrogen-bond donors (Lipinski definition) is 0. The molecule has 98 heavy (non-hydrogen) atoms. The summed E-state index contributed by atoms with van der Waals surface area (Å²) in [6.45, 7) is 0. The second kappa shape index (κ2) is 24.6. The molecule has 17 rings (SSSR count). The number of nitrogens with zero attached hydrogens (tertiary/aromatic N) is 8. The molecule has 0 aliphatic carbocycles. The van der Waals surface area contributed by atoms with E-state index in [0.29, 0.717) is 34.2 Å². The zero-order valence-electron chi connectivity index (χ0n) is 52.8. The van der Waals surface area contributed by atoms with Crippen LogP contribution in [-0.2, 0) is 0 Å². The average molecular weight is 1250 g/mol. The Labute approximate surface area is 566 Å². The lowest BCUT2D eigenvalue weighted by Gasteiger charge is -2.17. The Morgan fingerprint density at radius 1 is 0.204 bits per heavy atom. The van der Waals surface area contributed by atoms with E-state index in [9.17, 15) is 15.8 Å². The zero-order chi connectivity index (χ0) is 65.6. The molecule has 0 bridgehead atoms. The molecule has 14 aromatic carbocycles. The van der Waals surface area contributed by atoms with Crippen LogP contribution in [0.15, 0.2) is 328 Å². The van der Waals surface area contributed by atoms with Crippen LogP contribution in [0.2, 0.25) is 0 Å². The van der Waals surface area contributed by atoms with Crippen molar-refractivity contribution in [3.8, 4) is 142 Å². The second-order valence-electron chi connectivity index (χ2n) is 24.5. The third-order valence-electron chi connectivity index (χ3n) is 18.7. The molecule has 0 N–H and O–H groups in total. The second-order valence-corrected chi connectivity index (χ2v) is 24.5. The molecule has 0 spiro atoms. The van der Waals surface area contributed by atoms with Crippen LogP contribution in [0, 0.1) is 34.0 Å². The van der Waals surface area contributed by atoms with Gasteiger partial charge >= 0.3 is 0 Å². The molecule has 0 radical (unpaired) electrons. The van der Waals surface area contributed by atoms with E-state index in [-0.39, 0.29) is 0 Å². The highest BCUT2D eigenvalue weighted by molar-refractivity contribution is 6.13. The Kier molecular flexibility index (Phi) is 14.5. The quantitative estimate of drug-likeness (QED) is 0.120. The summed E-state index contributed by atoms with van der Waals surface area (Å²) in [4.78, 5) is 16.6. The number of aromatic nitrogens is 5. The first-order valence-electron chi connectivity index (χ1n) is 32.5. The minimum Gasteiger partial charge on any atom is -0.309 e. The normalized spacial score (nSPS) is 11.2. The molecule has 0 fully saturated rings. The van der Waals surface area contributed by atoms with Gasteiger partial charge in [-0.15, -0.1) is 0 Å². The number of hydrogen-bond acceptors (Lipinski definition) is 6. The van der Waals surface area contributed by atoms with Crippen molar-refractivity contribution >= 4 is 43.6 Å². The van der Waals surface area contributed by atoms with Gasteiger partial charge in [0, 0.05) is 49.6 Å². The van der Waals surface area contributed by atoms with Gasteiger partial charge in [-0.25, -0.2) is 15.0 Å². The summed E-state index contributed by atoms with van der Waals surface area (Å²) >= 11 is 0. The fraction of sp³-hybridized carbons (Fsp3) is 0. The van der Waals surface area contributed by atoms with Gasteiger partial charge in [0.25, 0.3) is 0 Å². The fourth-order valence-corrected chi connectivity index (χ4v) is 13.9. The SMILES string of the molecule is N#Cc1ccc(-c2cccc(-c3nc(-c4ccc(-n5c6ccc(-c7ccccc7)cc6c6cc(-c7ccccc7)ccc65)cc4-c4cccc(C#N)c4)nc(-c4ccc(-n5c6ccc(-c7ccccc7)cc6c6cc(-c7ccccc7)ccc65)cc4-c4cccc(C#N)c4)n3)c2)cc1. The van der Waals surface area contributed by atoms with Gasteiger partial charge in [-0.05, 0) is 205 Å². The maximum Gasteiger partial charge on any atom is 0.164 e. The largest absolute Gasteiger partial charge is 0.309 e. The van der Waals surface area contributed by atoms with Gasteiger partial charge in [0.05, 0.1) is 57.0 Å². The molecule has 0 unspecified atom stereocenters. The standard InChI is InChI=1S/C90H54N8/c91-55-58-30-32-65(33-31-58)66-26-15-29-73(48-66)88-94-89(76-40-38-74(53-78(76)71-27-13-16-59(46-71)56-92)97-84-42-34-67(61-18-5-1-6-19-61)49-80(84)81-50-68(35-43-85(81)97)62-20-7-2-8-21-62)96-90(95-88)77-41-39-75(54-79(77)72-28-14-17-60(47-72)57-93)98-86-44-36-69(63-22-9-3-10-23-63)51-82(86)83-52-70(37-45-87(83)98)64-24-11-4-12-25-64/h1-54H. The van der Waals surface area contributed by atoms with Crippen molar-refractivity contribution in [2.45, 2.75) is 0 Å². The van der Waals surface area contributed by atoms with E-state index in [1.165, 1.54) is 0 Å². The van der Waals surface area contributed by atoms with Gasteiger partial charge in [0.1, 0.15) is 0 Å². The van der Waals surface area contributed by atoms with Gasteiger partial charge in [-0.2, -0.15) is 15.8 Å². The molecule has 0 saturated heterocycles. The minimum atomic E-state index is 0.409. The Morgan fingerprint density at radius 3 is 0.888 bits per heavy atom. The predicted octanol–water partition coefficient (Wildman–Crippen LogP) is 22.4. The van der Waals surface area contributed by atoms with Crippen LogP contribution in [0.5, 0.6) is 0 Å². The molecular weight excluding hydrogens is 1190 g/mol. The maximum atomic E-state index is 10.5. The lowest BCUT2D eigenvalue weighted by Crippen LogP contribution is -2.04. The van der Waals surface area contributed by atoms with Gasteiger partial charge < -0.3 is 9.13 Å². The summed E-state index contributed by atoms with van der Waals surface area (Å²) in [6, 6.07) is 120. The summed E-state index contributed by atoms with van der Waals surface area (Å²) in [6.07, 6.45) is 0. The molecule has 0 aliphatic heterocycles. The van der Waals surface area contributed by atoms with E-state index >= 15 is 0 Å². The van der Waals surface area contributed by atoms with Gasteiger partial charge in [-0.1, -0.05) is 200 Å². The van der Waals surface area contributed by atoms with Crippen molar-refractivity contribution in [1.82, 2.24) is 24.1 Å². The van der Waals surface area contributed by atoms with Crippen molar-refractivity contribution in [2.75, 3.05) is 0 Å². The highest BCUT2D eigenvalue weighted by Crippen LogP contribution is 2.44. The molecule has 0 amide bonds. The summed E-state index contributed by atoms with van der Waals surface area (Å²) in [5.41, 5.74) is 23.8. The van der Waals surface area contributed by atoms with Gasteiger partial charge in [-0.3, -0.25) is 0 Å². The van der Waals surface area contributed by atoms with Crippen LogP contribution in [-0.4, -0.2) is 24.1 Å². The topological polar surface area (TPSA) is 120 Å². The fourth-order valence-electron chi connectivity index (χ4n) is 13.9. The van der Waals surface area contributed by atoms with Crippen LogP contribution in [0.25, 0.3) is 167 Å². The summed E-state index contributed by atoms with van der Waals surface area (Å²) < 4.78 is 4.67. The third-order valence-corrected chi connectivity index (χ3v) is 18.7. The molecule has 17 aromatic rings. The predicted molar refractivity (Wildman–Crippen MR) is 397 cm³/mol. The van der Waals surface area contributed by atoms with Crippen LogP contribution in [0.3, 0.4) is 0 Å². The first kappa shape index (κ1) is 58.0. The Hall–Kier alpha value is -13.8. The van der Waals surface area contributed by atoms with Gasteiger partial charge in [0.2, 0.25) is 0 Å². The van der Waals surface area contributed by atoms with Crippen molar-refractivity contribution in [2.24, 2.45) is 0 Å². The Balaban J connectivity index is 0.897. The average Bonchev–Trinajstić information content (AvgIpc) is 1.70. The van der Waals surface area contributed by atoms with E-state index in [1.54, 1.807) is 0 Å². The molecule has 3 heterocycles. The van der Waals surface area contributed by atoms with E-state index in [1.807, 2.05) is 115 Å². The van der Waals surface area contributed by atoms with Crippen LogP contribution >= 0.6 is 0 Å². The van der Waals surface area contributed by atoms with E-state index in [4.69, 9.17) is 15.0 Å². The highest BCUT2D eigenvalue weighted by Gasteiger charge is 2.24. The maximum absolute atomic E-state index is 10.5. The molecule has 8 heteroatoms. The monoisotopic (exact) mass is 1250 g/mol. The van der Waals surface area contributed by atoms with Gasteiger partial charge in [0.15, 0.2) is 17.5 Å². The third kappa shape index (κ3) is 10.6. The number of benzene rings is 14. The summed E-state index contributed by atoms with van der Waals surface area (Å²) in [5.74, 6) is 1.25. The van der Waals surface area contributed by atoms with E-state index in [2.05, 4.69) is 240 Å². The van der Waals surface area contributed by atoms with Crippen LogP contribution in [0.1, 0.15) is 16.7 Å². The highest BCUT2D eigenvalue weighted by atomic mass is 15.0. The zero-order valence-corrected chi connectivity index (χ0v) is 52.8. The van der Waals surface area contributed by atoms with E-state index in [0.717, 1.165) is 150 Å². The van der Waals surface area contributed by atoms with Crippen molar-refractivity contribution in [1.29, 1.82) is 15.8 Å². The van der Waals surface area contributed by atoms with Crippen molar-refractivity contribution in [3.63, 3.8) is 0 Å². The first-order chi connectivity index (χ1) is 48.4. The van der Waals surface area contributed by atoms with Crippen LogP contribution in [0.4, 0.5) is 0 Å². The molecule has 0 aliphatic rings. The number of rotatable bonds is 12. The number of fused-ring (bicyclic) bond motifs is 6. The molecule has 0 atom stereocenters. The number of nitriles is 3. The Morgan fingerprint density at radius 2 is 0.510 bits per heavy atom. The van der Waals surface area contributed by atoms with E-state index < -0.39 is 0 Å². The summed E-state index contributed by atoms with van der Waals surface area (Å²) in [5, 5.41) is 35.2. The molecule has 3 aromatic heterocycles. The smallest absolute Gasteiger partial charge is 0.164 e. The Bertz CT molecular complexity index is 5610. The molecule has 8 nitrogen and oxygen atoms in total. The minimum absolute atomic E-state index is 0.409.